The molecule has 1 unspecified atom stereocenters. The highest BCUT2D eigenvalue weighted by Gasteiger charge is 2.17. The van der Waals surface area contributed by atoms with E-state index < -0.39 is 0 Å². The minimum Gasteiger partial charge on any atom is -0.378 e. The normalized spacial score (nSPS) is 25.2. The second kappa shape index (κ2) is 5.02. The van der Waals surface area contributed by atoms with Crippen molar-refractivity contribution in [3.8, 4) is 0 Å². The summed E-state index contributed by atoms with van der Waals surface area (Å²) in [6, 6.07) is 4.62. The first-order valence-electron chi connectivity index (χ1n) is 6.45. The van der Waals surface area contributed by atoms with Gasteiger partial charge in [0.25, 0.3) is 0 Å². The van der Waals surface area contributed by atoms with Gasteiger partial charge in [-0.25, -0.2) is 4.98 Å². The Hall–Kier alpha value is -1.13. The molecule has 4 heteroatoms. The molecule has 2 saturated heterocycles. The highest BCUT2D eigenvalue weighted by atomic mass is 16.5. The van der Waals surface area contributed by atoms with Crippen LogP contribution in [0.5, 0.6) is 0 Å². The number of morpholine rings is 1. The number of pyridine rings is 1. The summed E-state index contributed by atoms with van der Waals surface area (Å²) in [5.41, 5.74) is 1.23. The molecular formula is C13H19N3O. The number of hydrogen-bond acceptors (Lipinski definition) is 4. The van der Waals surface area contributed by atoms with Crippen LogP contribution < -0.4 is 10.2 Å². The number of nitrogens with one attached hydrogen (secondary N) is 1. The Labute approximate surface area is 102 Å². The molecule has 3 rings (SSSR count). The van der Waals surface area contributed by atoms with Crippen LogP contribution in [-0.4, -0.2) is 37.8 Å². The van der Waals surface area contributed by atoms with Crippen molar-refractivity contribution in [3.63, 3.8) is 0 Å². The smallest absolute Gasteiger partial charge is 0.128 e. The second-order valence-corrected chi connectivity index (χ2v) is 4.73. The quantitative estimate of drug-likeness (QED) is 0.836. The van der Waals surface area contributed by atoms with Crippen LogP contribution >= 0.6 is 0 Å². The maximum Gasteiger partial charge on any atom is 0.128 e. The molecule has 0 spiro atoms. The second-order valence-electron chi connectivity index (χ2n) is 4.73. The number of anilines is 1. The average Bonchev–Trinajstić information content (AvgIpc) is 2.94. The third-order valence-electron chi connectivity index (χ3n) is 3.52. The van der Waals surface area contributed by atoms with Gasteiger partial charge in [0.05, 0.1) is 19.3 Å². The zero-order chi connectivity index (χ0) is 11.5. The molecule has 1 aromatic heterocycles. The molecule has 2 aliphatic heterocycles. The number of rotatable bonds is 2. The summed E-state index contributed by atoms with van der Waals surface area (Å²) in [6.07, 6.45) is 4.57. The van der Waals surface area contributed by atoms with Gasteiger partial charge in [0.2, 0.25) is 0 Å². The SMILES string of the molecule is c1cc(N2CCCC2)ncc1C1COCCN1. The highest BCUT2D eigenvalue weighted by molar-refractivity contribution is 5.40. The zero-order valence-corrected chi connectivity index (χ0v) is 10.1. The molecule has 92 valence electrons. The third-order valence-corrected chi connectivity index (χ3v) is 3.52. The van der Waals surface area contributed by atoms with Crippen LogP contribution in [0.3, 0.4) is 0 Å². The molecule has 17 heavy (non-hydrogen) atoms. The van der Waals surface area contributed by atoms with E-state index in [1.54, 1.807) is 0 Å². The average molecular weight is 233 g/mol. The maximum atomic E-state index is 5.47. The first-order chi connectivity index (χ1) is 8.43. The van der Waals surface area contributed by atoms with Gasteiger partial charge in [-0.3, -0.25) is 0 Å². The Morgan fingerprint density at radius 2 is 2.18 bits per heavy atom. The summed E-state index contributed by atoms with van der Waals surface area (Å²) in [5.74, 6) is 1.11. The van der Waals surface area contributed by atoms with E-state index in [4.69, 9.17) is 4.74 Å². The Balaban J connectivity index is 1.70. The molecule has 0 bridgehead atoms. The van der Waals surface area contributed by atoms with Gasteiger partial charge in [-0.15, -0.1) is 0 Å². The molecule has 0 aliphatic carbocycles. The molecule has 0 radical (unpaired) electrons. The van der Waals surface area contributed by atoms with Crippen molar-refractivity contribution >= 4 is 5.82 Å². The molecular weight excluding hydrogens is 214 g/mol. The van der Waals surface area contributed by atoms with Gasteiger partial charge in [-0.2, -0.15) is 0 Å². The fraction of sp³-hybridized carbons (Fsp3) is 0.615. The lowest BCUT2D eigenvalue weighted by atomic mass is 10.1. The Kier molecular flexibility index (Phi) is 3.25. The first kappa shape index (κ1) is 11.0. The van der Waals surface area contributed by atoms with Gasteiger partial charge in [-0.1, -0.05) is 6.07 Å². The summed E-state index contributed by atoms with van der Waals surface area (Å²) in [5, 5.41) is 3.45. The van der Waals surface area contributed by atoms with E-state index in [2.05, 4.69) is 27.3 Å². The van der Waals surface area contributed by atoms with E-state index in [1.165, 1.54) is 18.4 Å². The lowest BCUT2D eigenvalue weighted by Crippen LogP contribution is -2.34. The third kappa shape index (κ3) is 2.42. The fourth-order valence-corrected chi connectivity index (χ4v) is 2.52. The van der Waals surface area contributed by atoms with E-state index in [9.17, 15) is 0 Å². The molecule has 2 fully saturated rings. The van der Waals surface area contributed by atoms with E-state index in [0.29, 0.717) is 6.04 Å². The maximum absolute atomic E-state index is 5.47. The van der Waals surface area contributed by atoms with Crippen LogP contribution in [0.4, 0.5) is 5.82 Å². The minimum atomic E-state index is 0.309. The monoisotopic (exact) mass is 233 g/mol. The molecule has 2 aliphatic rings. The standard InChI is InChI=1S/C13H19N3O/c1-2-7-16(6-1)13-4-3-11(9-15-13)12-10-17-8-5-14-12/h3-4,9,12,14H,1-2,5-8,10H2. The summed E-state index contributed by atoms with van der Waals surface area (Å²) in [6.45, 7) is 4.80. The molecule has 1 atom stereocenters. The highest BCUT2D eigenvalue weighted by Crippen LogP contribution is 2.20. The molecule has 0 amide bonds. The van der Waals surface area contributed by atoms with Crippen LogP contribution in [0.1, 0.15) is 24.4 Å². The topological polar surface area (TPSA) is 37.4 Å². The van der Waals surface area contributed by atoms with Gasteiger partial charge in [0.15, 0.2) is 0 Å². The number of aromatic nitrogens is 1. The largest absolute Gasteiger partial charge is 0.378 e. The van der Waals surface area contributed by atoms with Crippen LogP contribution in [0, 0.1) is 0 Å². The lowest BCUT2D eigenvalue weighted by Gasteiger charge is -2.24. The minimum absolute atomic E-state index is 0.309. The Morgan fingerprint density at radius 3 is 2.82 bits per heavy atom. The summed E-state index contributed by atoms with van der Waals surface area (Å²) in [4.78, 5) is 6.92. The number of hydrogen-bond donors (Lipinski definition) is 1. The van der Waals surface area contributed by atoms with Crippen LogP contribution in [0.15, 0.2) is 18.3 Å². The van der Waals surface area contributed by atoms with E-state index >= 15 is 0 Å². The van der Waals surface area contributed by atoms with E-state index in [-0.39, 0.29) is 0 Å². The van der Waals surface area contributed by atoms with Crippen molar-refractivity contribution in [3.05, 3.63) is 23.9 Å². The number of ether oxygens (including phenoxy) is 1. The van der Waals surface area contributed by atoms with Crippen molar-refractivity contribution in [1.82, 2.24) is 10.3 Å². The zero-order valence-electron chi connectivity index (χ0n) is 10.1. The van der Waals surface area contributed by atoms with Crippen molar-refractivity contribution in [2.24, 2.45) is 0 Å². The van der Waals surface area contributed by atoms with Gasteiger partial charge in [0.1, 0.15) is 5.82 Å². The summed E-state index contributed by atoms with van der Waals surface area (Å²) >= 11 is 0. The Bertz CT molecular complexity index is 353. The van der Waals surface area contributed by atoms with Crippen molar-refractivity contribution in [2.45, 2.75) is 18.9 Å². The van der Waals surface area contributed by atoms with Crippen LogP contribution in [0.2, 0.25) is 0 Å². The predicted octanol–water partition coefficient (Wildman–Crippen LogP) is 1.34. The first-order valence-corrected chi connectivity index (χ1v) is 6.45. The van der Waals surface area contributed by atoms with Gasteiger partial charge >= 0.3 is 0 Å². The molecule has 0 aromatic carbocycles. The summed E-state index contributed by atoms with van der Waals surface area (Å²) < 4.78 is 5.47. The van der Waals surface area contributed by atoms with Crippen molar-refractivity contribution in [2.75, 3.05) is 37.7 Å². The Morgan fingerprint density at radius 1 is 1.29 bits per heavy atom. The molecule has 1 aromatic rings. The fourth-order valence-electron chi connectivity index (χ4n) is 2.52. The van der Waals surface area contributed by atoms with Crippen molar-refractivity contribution in [1.29, 1.82) is 0 Å². The molecule has 4 nitrogen and oxygen atoms in total. The van der Waals surface area contributed by atoms with Crippen molar-refractivity contribution < 1.29 is 4.74 Å². The van der Waals surface area contributed by atoms with E-state index in [1.807, 2.05) is 6.20 Å². The van der Waals surface area contributed by atoms with Gasteiger partial charge in [0, 0.05) is 25.8 Å². The predicted molar refractivity (Wildman–Crippen MR) is 67.2 cm³/mol. The van der Waals surface area contributed by atoms with E-state index in [0.717, 1.165) is 38.7 Å². The number of nitrogens with zero attached hydrogens (tertiary/aromatic N) is 2. The molecule has 3 heterocycles. The summed E-state index contributed by atoms with van der Waals surface area (Å²) in [7, 11) is 0. The lowest BCUT2D eigenvalue weighted by molar-refractivity contribution is 0.0768. The van der Waals surface area contributed by atoms with Crippen LogP contribution in [0.25, 0.3) is 0 Å². The van der Waals surface area contributed by atoms with Gasteiger partial charge < -0.3 is 15.0 Å². The molecule has 0 saturated carbocycles. The van der Waals surface area contributed by atoms with Gasteiger partial charge in [-0.05, 0) is 24.5 Å². The molecule has 1 N–H and O–H groups in total. The van der Waals surface area contributed by atoms with Crippen LogP contribution in [-0.2, 0) is 4.74 Å².